The molecular weight excluding hydrogens is 164 g/mol. The fourth-order valence-corrected chi connectivity index (χ4v) is 0.699. The number of carbonyl (C=O) groups is 1. The third-order valence-electron chi connectivity index (χ3n) is 2.59. The second-order valence-corrected chi connectivity index (χ2v) is 4.46. The van der Waals surface area contributed by atoms with Crippen LogP contribution in [0.4, 0.5) is 0 Å². The molecule has 0 radical (unpaired) electrons. The van der Waals surface area contributed by atoms with Gasteiger partial charge in [-0.3, -0.25) is 4.79 Å². The third kappa shape index (κ3) is 3.77. The van der Waals surface area contributed by atoms with Crippen molar-refractivity contribution in [1.82, 2.24) is 5.32 Å². The van der Waals surface area contributed by atoms with Crippen molar-refractivity contribution in [1.29, 1.82) is 0 Å². The summed E-state index contributed by atoms with van der Waals surface area (Å²) in [5.74, 6) is -0.0677. The summed E-state index contributed by atoms with van der Waals surface area (Å²) in [5.41, 5.74) is 4.91. The maximum atomic E-state index is 11.6. The molecule has 0 saturated heterocycles. The Hall–Kier alpha value is -0.570. The van der Waals surface area contributed by atoms with Gasteiger partial charge in [0, 0.05) is 5.54 Å². The van der Waals surface area contributed by atoms with Crippen LogP contribution in [0.5, 0.6) is 0 Å². The maximum absolute atomic E-state index is 11.6. The maximum Gasteiger partial charge on any atom is 0.240 e. The summed E-state index contributed by atoms with van der Waals surface area (Å²) in [5, 5.41) is 2.93. The van der Waals surface area contributed by atoms with Gasteiger partial charge in [-0.15, -0.1) is 0 Å². The second kappa shape index (κ2) is 4.09. The highest BCUT2D eigenvalue weighted by molar-refractivity contribution is 5.86. The zero-order valence-corrected chi connectivity index (χ0v) is 9.40. The van der Waals surface area contributed by atoms with Gasteiger partial charge in [0.05, 0.1) is 5.54 Å². The van der Waals surface area contributed by atoms with E-state index in [2.05, 4.69) is 5.32 Å². The van der Waals surface area contributed by atoms with Crippen LogP contribution in [0.25, 0.3) is 0 Å². The molecule has 1 atom stereocenters. The molecule has 0 aliphatic rings. The van der Waals surface area contributed by atoms with Crippen molar-refractivity contribution < 1.29 is 4.79 Å². The summed E-state index contributed by atoms with van der Waals surface area (Å²) in [6.07, 6.45) is 1.55. The zero-order valence-electron chi connectivity index (χ0n) is 9.40. The third-order valence-corrected chi connectivity index (χ3v) is 2.59. The average Bonchev–Trinajstić information content (AvgIpc) is 2.04. The molecular formula is C10H22N2O. The van der Waals surface area contributed by atoms with Crippen molar-refractivity contribution in [3.05, 3.63) is 0 Å². The van der Waals surface area contributed by atoms with E-state index in [-0.39, 0.29) is 11.4 Å². The smallest absolute Gasteiger partial charge is 0.240 e. The van der Waals surface area contributed by atoms with E-state index in [1.54, 1.807) is 6.92 Å². The minimum absolute atomic E-state index is 0.0677. The van der Waals surface area contributed by atoms with Gasteiger partial charge in [0.25, 0.3) is 0 Å². The number of carbonyl (C=O) groups excluding carboxylic acids is 1. The van der Waals surface area contributed by atoms with Gasteiger partial charge < -0.3 is 11.1 Å². The molecule has 1 amide bonds. The van der Waals surface area contributed by atoms with Crippen LogP contribution in [0, 0.1) is 0 Å². The van der Waals surface area contributed by atoms with Gasteiger partial charge in [0.1, 0.15) is 0 Å². The topological polar surface area (TPSA) is 55.1 Å². The number of nitrogens with one attached hydrogen (secondary N) is 1. The van der Waals surface area contributed by atoms with Gasteiger partial charge in [-0.2, -0.15) is 0 Å². The highest BCUT2D eigenvalue weighted by Gasteiger charge is 2.29. The molecule has 78 valence electrons. The first-order valence-corrected chi connectivity index (χ1v) is 4.86. The summed E-state index contributed by atoms with van der Waals surface area (Å²) in [6.45, 7) is 9.71. The van der Waals surface area contributed by atoms with Gasteiger partial charge in [-0.25, -0.2) is 0 Å². The van der Waals surface area contributed by atoms with E-state index in [1.807, 2.05) is 27.7 Å². The largest absolute Gasteiger partial charge is 0.350 e. The van der Waals surface area contributed by atoms with Crippen molar-refractivity contribution >= 4 is 5.91 Å². The van der Waals surface area contributed by atoms with E-state index in [0.29, 0.717) is 6.42 Å². The Kier molecular flexibility index (Phi) is 3.91. The van der Waals surface area contributed by atoms with Gasteiger partial charge in [0.15, 0.2) is 0 Å². The van der Waals surface area contributed by atoms with E-state index in [9.17, 15) is 4.79 Å². The molecule has 0 aliphatic carbocycles. The van der Waals surface area contributed by atoms with Crippen LogP contribution in [0.3, 0.4) is 0 Å². The predicted molar refractivity (Wildman–Crippen MR) is 55.4 cm³/mol. The quantitative estimate of drug-likeness (QED) is 0.697. The molecule has 0 fully saturated rings. The average molecular weight is 186 g/mol. The number of amides is 1. The van der Waals surface area contributed by atoms with E-state index in [4.69, 9.17) is 5.73 Å². The van der Waals surface area contributed by atoms with Crippen molar-refractivity contribution in [3.8, 4) is 0 Å². The number of nitrogens with two attached hydrogens (primary N) is 1. The summed E-state index contributed by atoms with van der Waals surface area (Å²) in [4.78, 5) is 11.6. The molecule has 0 heterocycles. The molecule has 0 spiro atoms. The molecule has 0 aliphatic heterocycles. The Labute approximate surface area is 81.1 Å². The van der Waals surface area contributed by atoms with Gasteiger partial charge in [0.2, 0.25) is 5.91 Å². The van der Waals surface area contributed by atoms with E-state index < -0.39 is 5.54 Å². The lowest BCUT2D eigenvalue weighted by atomic mass is 9.95. The fraction of sp³-hybridized carbons (Fsp3) is 0.900. The van der Waals surface area contributed by atoms with Crippen LogP contribution in [0.15, 0.2) is 0 Å². The lowest BCUT2D eigenvalue weighted by molar-refractivity contribution is -0.127. The molecule has 13 heavy (non-hydrogen) atoms. The van der Waals surface area contributed by atoms with Crippen LogP contribution in [0.1, 0.15) is 47.5 Å². The van der Waals surface area contributed by atoms with E-state index in [0.717, 1.165) is 6.42 Å². The van der Waals surface area contributed by atoms with Crippen molar-refractivity contribution in [2.75, 3.05) is 0 Å². The Morgan fingerprint density at radius 1 is 1.23 bits per heavy atom. The minimum Gasteiger partial charge on any atom is -0.350 e. The molecule has 0 aromatic rings. The summed E-state index contributed by atoms with van der Waals surface area (Å²) in [7, 11) is 0. The standard InChI is InChI=1S/C10H22N2O/c1-6-9(3,4)12-8(13)10(5,11)7-2/h6-7,11H2,1-5H3,(H,12,13). The van der Waals surface area contributed by atoms with Crippen LogP contribution >= 0.6 is 0 Å². The van der Waals surface area contributed by atoms with Crippen molar-refractivity contribution in [2.45, 2.75) is 58.5 Å². The molecule has 0 saturated carbocycles. The molecule has 3 N–H and O–H groups in total. The molecule has 3 nitrogen and oxygen atoms in total. The van der Waals surface area contributed by atoms with Gasteiger partial charge in [-0.05, 0) is 33.6 Å². The van der Waals surface area contributed by atoms with Crippen LogP contribution < -0.4 is 11.1 Å². The lowest BCUT2D eigenvalue weighted by Gasteiger charge is -2.30. The molecule has 0 aromatic carbocycles. The summed E-state index contributed by atoms with van der Waals surface area (Å²) < 4.78 is 0. The summed E-state index contributed by atoms with van der Waals surface area (Å²) in [6, 6.07) is 0. The Balaban J connectivity index is 4.31. The minimum atomic E-state index is -0.744. The normalized spacial score (nSPS) is 16.5. The lowest BCUT2D eigenvalue weighted by Crippen LogP contribution is -2.56. The first-order valence-electron chi connectivity index (χ1n) is 4.86. The molecule has 0 aromatic heterocycles. The first-order chi connectivity index (χ1) is 5.75. The van der Waals surface area contributed by atoms with Crippen molar-refractivity contribution in [2.24, 2.45) is 5.73 Å². The van der Waals surface area contributed by atoms with Gasteiger partial charge >= 0.3 is 0 Å². The molecule has 3 heteroatoms. The van der Waals surface area contributed by atoms with E-state index >= 15 is 0 Å². The van der Waals surface area contributed by atoms with Crippen molar-refractivity contribution in [3.63, 3.8) is 0 Å². The SMILES string of the molecule is CCC(C)(C)NC(=O)C(C)(N)CC. The fourth-order valence-electron chi connectivity index (χ4n) is 0.699. The van der Waals surface area contributed by atoms with Gasteiger partial charge in [-0.1, -0.05) is 13.8 Å². The number of rotatable bonds is 4. The second-order valence-electron chi connectivity index (χ2n) is 4.46. The molecule has 0 rings (SSSR count). The van der Waals surface area contributed by atoms with Crippen LogP contribution in [0.2, 0.25) is 0 Å². The number of hydrogen-bond donors (Lipinski definition) is 2. The van der Waals surface area contributed by atoms with Crippen LogP contribution in [-0.4, -0.2) is 17.0 Å². The zero-order chi connectivity index (χ0) is 10.7. The highest BCUT2D eigenvalue weighted by Crippen LogP contribution is 2.11. The monoisotopic (exact) mass is 186 g/mol. The Morgan fingerprint density at radius 2 is 1.69 bits per heavy atom. The highest BCUT2D eigenvalue weighted by atomic mass is 16.2. The van der Waals surface area contributed by atoms with E-state index in [1.165, 1.54) is 0 Å². The predicted octanol–water partition coefficient (Wildman–Crippen LogP) is 1.42. The van der Waals surface area contributed by atoms with Crippen LogP contribution in [-0.2, 0) is 4.79 Å². The Morgan fingerprint density at radius 3 is 2.00 bits per heavy atom. The molecule has 1 unspecified atom stereocenters. The number of hydrogen-bond acceptors (Lipinski definition) is 2. The molecule has 0 bridgehead atoms. The Bertz CT molecular complexity index is 185. The summed E-state index contributed by atoms with van der Waals surface area (Å²) >= 11 is 0. The first kappa shape index (κ1) is 12.4.